The van der Waals surface area contributed by atoms with E-state index in [1.54, 1.807) is 6.92 Å². The number of carbonyl (C=O) groups excluding carboxylic acids is 4. The summed E-state index contributed by atoms with van der Waals surface area (Å²) in [5, 5.41) is 56.1. The number of aliphatic hydroxyl groups excluding tert-OH is 3. The zero-order valence-corrected chi connectivity index (χ0v) is 20.0. The quantitative estimate of drug-likeness (QED) is 0.208. The molecule has 12 heteroatoms. The number of hydrogen-bond acceptors (Lipinski definition) is 11. The zero-order valence-electron chi connectivity index (χ0n) is 20.0. The van der Waals surface area contributed by atoms with Gasteiger partial charge in [-0.25, -0.2) is 4.79 Å². The lowest BCUT2D eigenvalue weighted by atomic mass is 9.53. The number of esters is 1. The highest BCUT2D eigenvalue weighted by molar-refractivity contribution is 6.17. The number of methoxy groups -OCH3 is 1. The summed E-state index contributed by atoms with van der Waals surface area (Å²) in [5.41, 5.74) is 1.45. The number of carbonyl (C=O) groups is 4. The molecular weight excluding hydrogens is 476 g/mol. The van der Waals surface area contributed by atoms with Crippen molar-refractivity contribution in [3.63, 3.8) is 0 Å². The number of primary amides is 1. The second-order valence-electron chi connectivity index (χ2n) is 9.80. The first kappa shape index (κ1) is 25.8. The van der Waals surface area contributed by atoms with Crippen molar-refractivity contribution >= 4 is 23.4 Å². The van der Waals surface area contributed by atoms with Crippen molar-refractivity contribution in [2.75, 3.05) is 21.2 Å². The molecule has 1 amide bonds. The van der Waals surface area contributed by atoms with E-state index in [1.165, 1.54) is 31.1 Å². The van der Waals surface area contributed by atoms with Crippen molar-refractivity contribution < 1.29 is 49.4 Å². The van der Waals surface area contributed by atoms with Crippen LogP contribution in [0.15, 0.2) is 23.5 Å². The predicted molar refractivity (Wildman–Crippen MR) is 121 cm³/mol. The average molecular weight is 504 g/mol. The van der Waals surface area contributed by atoms with Crippen molar-refractivity contribution in [1.29, 1.82) is 0 Å². The van der Waals surface area contributed by atoms with Crippen molar-refractivity contribution in [3.8, 4) is 5.75 Å². The van der Waals surface area contributed by atoms with Gasteiger partial charge in [0.1, 0.15) is 23.0 Å². The van der Waals surface area contributed by atoms with Gasteiger partial charge in [0.15, 0.2) is 17.2 Å². The zero-order chi connectivity index (χ0) is 27.0. The van der Waals surface area contributed by atoms with Crippen LogP contribution in [0.1, 0.15) is 39.1 Å². The SMILES string of the molecule is COC(=O)c1ccc2c(c1O)C(=O)C1=C(O)C3(O)C(=O)C(C(N)=O)C(O)[C@@H](N(C)C)C3[C@@H](O)C1[C@H]2C. The van der Waals surface area contributed by atoms with Crippen molar-refractivity contribution in [2.45, 2.75) is 36.7 Å². The molecule has 36 heavy (non-hydrogen) atoms. The van der Waals surface area contributed by atoms with Gasteiger partial charge in [-0.05, 0) is 31.6 Å². The predicted octanol–water partition coefficient (Wildman–Crippen LogP) is -1.40. The highest BCUT2D eigenvalue weighted by Crippen LogP contribution is 2.55. The summed E-state index contributed by atoms with van der Waals surface area (Å²) in [7, 11) is 4.06. The first-order chi connectivity index (χ1) is 16.7. The van der Waals surface area contributed by atoms with Gasteiger partial charge in [-0.1, -0.05) is 13.0 Å². The second-order valence-corrected chi connectivity index (χ2v) is 9.80. The summed E-state index contributed by atoms with van der Waals surface area (Å²) < 4.78 is 4.63. The molecule has 8 atom stereocenters. The standard InChI is InChI=1S/C24H28N2O10/c1-7-8-5-6-9(23(34)36-4)16(27)11(8)17(28)12-10(7)18(29)14-15(26(2)3)19(30)13(22(25)33)21(32)24(14,35)20(12)31/h5-7,10,13-15,18-19,27,29-31,35H,1-4H3,(H2,25,33)/t7-,10?,13?,14?,15-,18-,19?,24?/m0/s1. The largest absolute Gasteiger partial charge is 0.508 e. The molecule has 1 aromatic carbocycles. The number of benzene rings is 1. The Morgan fingerprint density at radius 3 is 2.25 bits per heavy atom. The van der Waals surface area contributed by atoms with E-state index in [4.69, 9.17) is 5.73 Å². The van der Waals surface area contributed by atoms with Gasteiger partial charge < -0.3 is 40.9 Å². The molecule has 1 fully saturated rings. The van der Waals surface area contributed by atoms with E-state index in [9.17, 15) is 44.7 Å². The molecule has 3 aliphatic carbocycles. The maximum Gasteiger partial charge on any atom is 0.341 e. The molecule has 194 valence electrons. The van der Waals surface area contributed by atoms with Crippen LogP contribution in [0.4, 0.5) is 0 Å². The number of likely N-dealkylation sites (N-methyl/N-ethyl adjacent to an activating group) is 1. The van der Waals surface area contributed by atoms with E-state index in [0.29, 0.717) is 0 Å². The van der Waals surface area contributed by atoms with Crippen LogP contribution in [-0.4, -0.2) is 98.9 Å². The third-order valence-corrected chi connectivity index (χ3v) is 7.90. The number of rotatable bonds is 3. The second kappa shape index (κ2) is 8.37. The van der Waals surface area contributed by atoms with Crippen LogP contribution in [-0.2, 0) is 14.3 Å². The van der Waals surface area contributed by atoms with Crippen LogP contribution in [0, 0.1) is 17.8 Å². The van der Waals surface area contributed by atoms with Gasteiger partial charge in [0, 0.05) is 23.5 Å². The molecule has 0 heterocycles. The molecule has 4 rings (SSSR count). The normalized spacial score (nSPS) is 35.7. The molecule has 0 saturated heterocycles. The average Bonchev–Trinajstić information content (AvgIpc) is 2.80. The van der Waals surface area contributed by atoms with Gasteiger partial charge in [-0.15, -0.1) is 0 Å². The Bertz CT molecular complexity index is 1220. The summed E-state index contributed by atoms with van der Waals surface area (Å²) in [4.78, 5) is 52.6. The third-order valence-electron chi connectivity index (χ3n) is 7.90. The maximum atomic E-state index is 13.6. The minimum Gasteiger partial charge on any atom is -0.508 e. The van der Waals surface area contributed by atoms with Crippen LogP contribution in [0.25, 0.3) is 0 Å². The molecule has 1 saturated carbocycles. The first-order valence-electron chi connectivity index (χ1n) is 11.2. The van der Waals surface area contributed by atoms with Crippen molar-refractivity contribution in [1.82, 2.24) is 4.90 Å². The highest BCUT2D eigenvalue weighted by atomic mass is 16.5. The Kier molecular flexibility index (Phi) is 5.99. The molecule has 0 aliphatic heterocycles. The fourth-order valence-electron chi connectivity index (χ4n) is 6.25. The summed E-state index contributed by atoms with van der Waals surface area (Å²) in [6.07, 6.45) is -3.37. The van der Waals surface area contributed by atoms with Gasteiger partial charge in [0.25, 0.3) is 0 Å². The number of ether oxygens (including phenoxy) is 1. The van der Waals surface area contributed by atoms with Gasteiger partial charge in [-0.2, -0.15) is 0 Å². The maximum absolute atomic E-state index is 13.6. The van der Waals surface area contributed by atoms with Crippen molar-refractivity contribution in [3.05, 3.63) is 40.2 Å². The molecular formula is C24H28N2O10. The minimum absolute atomic E-state index is 0.260. The lowest BCUT2D eigenvalue weighted by molar-refractivity contribution is -0.194. The molecule has 0 spiro atoms. The summed E-state index contributed by atoms with van der Waals surface area (Å²) in [6.45, 7) is 1.60. The van der Waals surface area contributed by atoms with Gasteiger partial charge in [-0.3, -0.25) is 14.4 Å². The van der Waals surface area contributed by atoms with Crippen LogP contribution in [0.3, 0.4) is 0 Å². The Labute approximate surface area is 205 Å². The number of aliphatic hydroxyl groups is 4. The molecule has 0 aromatic heterocycles. The summed E-state index contributed by atoms with van der Waals surface area (Å²) >= 11 is 0. The molecule has 3 aliphatic rings. The van der Waals surface area contributed by atoms with E-state index >= 15 is 0 Å². The van der Waals surface area contributed by atoms with E-state index in [-0.39, 0.29) is 16.7 Å². The fraction of sp³-hybridized carbons (Fsp3) is 0.500. The third kappa shape index (κ3) is 3.08. The number of hydrogen-bond donors (Lipinski definition) is 6. The van der Waals surface area contributed by atoms with Gasteiger partial charge in [0.2, 0.25) is 5.91 Å². The first-order valence-corrected chi connectivity index (χ1v) is 11.2. The number of phenols is 1. The number of aromatic hydroxyl groups is 1. The van der Waals surface area contributed by atoms with E-state index in [1.807, 2.05) is 0 Å². The molecule has 0 radical (unpaired) electrons. The molecule has 5 unspecified atom stereocenters. The minimum atomic E-state index is -2.94. The Morgan fingerprint density at radius 1 is 1.11 bits per heavy atom. The molecule has 1 aromatic rings. The monoisotopic (exact) mass is 504 g/mol. The molecule has 7 N–H and O–H groups in total. The Morgan fingerprint density at radius 2 is 1.72 bits per heavy atom. The number of nitrogens with zero attached hydrogens (tertiary/aromatic N) is 1. The van der Waals surface area contributed by atoms with Crippen LogP contribution in [0.5, 0.6) is 5.75 Å². The number of amides is 1. The number of ketones is 2. The highest BCUT2D eigenvalue weighted by Gasteiger charge is 2.69. The van der Waals surface area contributed by atoms with E-state index < -0.39 is 88.0 Å². The molecule has 12 nitrogen and oxygen atoms in total. The lowest BCUT2D eigenvalue weighted by Gasteiger charge is -2.56. The number of nitrogens with two attached hydrogens (primary N) is 1. The van der Waals surface area contributed by atoms with Crippen molar-refractivity contribution in [2.24, 2.45) is 23.5 Å². The smallest absolute Gasteiger partial charge is 0.341 e. The van der Waals surface area contributed by atoms with Crippen LogP contribution >= 0.6 is 0 Å². The molecule has 0 bridgehead atoms. The van der Waals surface area contributed by atoms with E-state index in [2.05, 4.69) is 4.74 Å². The number of Topliss-reactive ketones (excluding diaryl/α,β-unsaturated/α-hetero) is 2. The van der Waals surface area contributed by atoms with Crippen LogP contribution < -0.4 is 5.73 Å². The van der Waals surface area contributed by atoms with E-state index in [0.717, 1.165) is 7.11 Å². The summed E-state index contributed by atoms with van der Waals surface area (Å²) in [6, 6.07) is 1.46. The summed E-state index contributed by atoms with van der Waals surface area (Å²) in [5.74, 6) is -11.8. The number of fused-ring (bicyclic) bond motifs is 3. The van der Waals surface area contributed by atoms with Gasteiger partial charge >= 0.3 is 5.97 Å². The lowest BCUT2D eigenvalue weighted by Crippen LogP contribution is -2.74. The van der Waals surface area contributed by atoms with Crippen LogP contribution in [0.2, 0.25) is 0 Å². The fourth-order valence-corrected chi connectivity index (χ4v) is 6.25. The van der Waals surface area contributed by atoms with Gasteiger partial charge in [0.05, 0.1) is 24.9 Å². The number of phenolic OH excluding ortho intramolecular Hbond substituents is 1. The Balaban J connectivity index is 2.02. The Hall–Kier alpha value is -3.32. The topological polar surface area (TPSA) is 208 Å².